The molecule has 1 saturated heterocycles. The average Bonchev–Trinajstić information content (AvgIpc) is 2.99. The number of aryl methyl sites for hydroxylation is 1. The molecule has 1 aromatic heterocycles. The fraction of sp³-hybridized carbons (Fsp3) is 0.438. The van der Waals surface area contributed by atoms with Gasteiger partial charge in [0.1, 0.15) is 0 Å². The summed E-state index contributed by atoms with van der Waals surface area (Å²) in [6.07, 6.45) is 0.815. The molecule has 0 radical (unpaired) electrons. The Morgan fingerprint density at radius 1 is 1.39 bits per heavy atom. The van der Waals surface area contributed by atoms with E-state index < -0.39 is 0 Å². The van der Waals surface area contributed by atoms with Gasteiger partial charge in [-0.25, -0.2) is 4.79 Å². The molecule has 7 nitrogen and oxygen atoms in total. The summed E-state index contributed by atoms with van der Waals surface area (Å²) in [7, 11) is 0. The van der Waals surface area contributed by atoms with Crippen molar-refractivity contribution in [3.05, 3.63) is 47.6 Å². The maximum Gasteiger partial charge on any atom is 0.318 e. The van der Waals surface area contributed by atoms with Crippen molar-refractivity contribution in [1.82, 2.24) is 20.4 Å². The lowest BCUT2D eigenvalue weighted by atomic mass is 10.1. The molecule has 2 aromatic rings. The van der Waals surface area contributed by atoms with Crippen molar-refractivity contribution >= 4 is 6.03 Å². The molecule has 1 aromatic carbocycles. The van der Waals surface area contributed by atoms with Crippen molar-refractivity contribution in [2.45, 2.75) is 26.0 Å². The number of ether oxygens (including phenoxy) is 1. The molecule has 1 unspecified atom stereocenters. The van der Waals surface area contributed by atoms with Crippen LogP contribution >= 0.6 is 0 Å². The van der Waals surface area contributed by atoms with Crippen molar-refractivity contribution in [2.75, 3.05) is 19.7 Å². The van der Waals surface area contributed by atoms with Gasteiger partial charge < -0.3 is 19.5 Å². The van der Waals surface area contributed by atoms with Gasteiger partial charge in [0.05, 0.1) is 19.3 Å². The van der Waals surface area contributed by atoms with Gasteiger partial charge in [0, 0.05) is 19.5 Å². The number of nitrogens with one attached hydrogen (secondary N) is 1. The van der Waals surface area contributed by atoms with Crippen molar-refractivity contribution in [2.24, 2.45) is 0 Å². The lowest BCUT2D eigenvalue weighted by Gasteiger charge is -2.33. The van der Waals surface area contributed by atoms with Gasteiger partial charge in [0.2, 0.25) is 5.89 Å². The van der Waals surface area contributed by atoms with E-state index in [0.29, 0.717) is 31.4 Å². The maximum atomic E-state index is 12.2. The lowest BCUT2D eigenvalue weighted by Crippen LogP contribution is -2.50. The number of aromatic nitrogens is 2. The molecular weight excluding hydrogens is 296 g/mol. The minimum absolute atomic E-state index is 0.0162. The summed E-state index contributed by atoms with van der Waals surface area (Å²) in [6.45, 7) is 3.68. The van der Waals surface area contributed by atoms with E-state index in [4.69, 9.17) is 9.26 Å². The highest BCUT2D eigenvalue weighted by Crippen LogP contribution is 2.12. The first-order chi connectivity index (χ1) is 11.2. The number of carbonyl (C=O) groups excluding carboxylic acids is 1. The zero-order valence-corrected chi connectivity index (χ0v) is 13.1. The second-order valence-electron chi connectivity index (χ2n) is 5.52. The van der Waals surface area contributed by atoms with Gasteiger partial charge in [0.25, 0.3) is 0 Å². The van der Waals surface area contributed by atoms with Gasteiger partial charge in [-0.3, -0.25) is 0 Å². The number of amides is 2. The molecule has 0 aliphatic carbocycles. The Bertz CT molecular complexity index is 644. The molecule has 2 heterocycles. The van der Waals surface area contributed by atoms with Crippen LogP contribution in [-0.2, 0) is 17.7 Å². The van der Waals surface area contributed by atoms with Crippen molar-refractivity contribution in [3.8, 4) is 0 Å². The normalized spacial score (nSPS) is 18.0. The van der Waals surface area contributed by atoms with E-state index >= 15 is 0 Å². The number of carbonyl (C=O) groups is 1. The van der Waals surface area contributed by atoms with Gasteiger partial charge in [-0.1, -0.05) is 35.5 Å². The van der Waals surface area contributed by atoms with Crippen LogP contribution in [-0.4, -0.2) is 46.9 Å². The molecule has 1 aliphatic rings. The van der Waals surface area contributed by atoms with E-state index in [1.807, 2.05) is 18.2 Å². The van der Waals surface area contributed by atoms with Crippen LogP contribution in [0.15, 0.2) is 34.9 Å². The summed E-state index contributed by atoms with van der Waals surface area (Å²) in [4.78, 5) is 18.1. The fourth-order valence-electron chi connectivity index (χ4n) is 2.58. The third-order valence-electron chi connectivity index (χ3n) is 3.69. The highest BCUT2D eigenvalue weighted by atomic mass is 16.5. The van der Waals surface area contributed by atoms with Crippen LogP contribution in [0.5, 0.6) is 0 Å². The molecule has 1 fully saturated rings. The Balaban J connectivity index is 1.50. The van der Waals surface area contributed by atoms with Gasteiger partial charge in [-0.05, 0) is 12.5 Å². The molecule has 1 aliphatic heterocycles. The predicted molar refractivity (Wildman–Crippen MR) is 82.7 cm³/mol. The van der Waals surface area contributed by atoms with Crippen molar-refractivity contribution in [3.63, 3.8) is 0 Å². The first-order valence-corrected chi connectivity index (χ1v) is 7.68. The number of hydrogen-bond acceptors (Lipinski definition) is 5. The zero-order chi connectivity index (χ0) is 16.1. The predicted octanol–water partition coefficient (Wildman–Crippen LogP) is 1.53. The molecule has 7 heteroatoms. The highest BCUT2D eigenvalue weighted by molar-refractivity contribution is 5.74. The second-order valence-corrected chi connectivity index (χ2v) is 5.52. The molecular formula is C16H20N4O3. The van der Waals surface area contributed by atoms with E-state index in [1.165, 1.54) is 5.56 Å². The van der Waals surface area contributed by atoms with E-state index in [9.17, 15) is 4.79 Å². The average molecular weight is 316 g/mol. The summed E-state index contributed by atoms with van der Waals surface area (Å²) in [5.74, 6) is 0.966. The molecule has 3 rings (SSSR count). The SMILES string of the molecule is Cc1noc(CNC(=O)N2CCOC(Cc3ccccc3)C2)n1. The summed E-state index contributed by atoms with van der Waals surface area (Å²) in [5.41, 5.74) is 1.21. The molecule has 0 saturated carbocycles. The topological polar surface area (TPSA) is 80.5 Å². The molecule has 122 valence electrons. The smallest absolute Gasteiger partial charge is 0.318 e. The Morgan fingerprint density at radius 2 is 2.22 bits per heavy atom. The Hall–Kier alpha value is -2.41. The van der Waals surface area contributed by atoms with Crippen LogP contribution in [0.1, 0.15) is 17.3 Å². The van der Waals surface area contributed by atoms with E-state index in [1.54, 1.807) is 11.8 Å². The van der Waals surface area contributed by atoms with Crippen molar-refractivity contribution in [1.29, 1.82) is 0 Å². The third kappa shape index (κ3) is 4.29. The minimum atomic E-state index is -0.137. The highest BCUT2D eigenvalue weighted by Gasteiger charge is 2.24. The summed E-state index contributed by atoms with van der Waals surface area (Å²) < 4.78 is 10.7. The number of hydrogen-bond donors (Lipinski definition) is 1. The molecule has 0 spiro atoms. The molecule has 23 heavy (non-hydrogen) atoms. The standard InChI is InChI=1S/C16H20N4O3/c1-12-18-15(23-19-12)10-17-16(21)20-7-8-22-14(11-20)9-13-5-3-2-4-6-13/h2-6,14H,7-11H2,1H3,(H,17,21). The van der Waals surface area contributed by atoms with Crippen LogP contribution in [0.25, 0.3) is 0 Å². The van der Waals surface area contributed by atoms with Crippen LogP contribution in [0.3, 0.4) is 0 Å². The van der Waals surface area contributed by atoms with Gasteiger partial charge in [0.15, 0.2) is 5.82 Å². The lowest BCUT2D eigenvalue weighted by molar-refractivity contribution is -0.0133. The van der Waals surface area contributed by atoms with E-state index in [0.717, 1.165) is 6.42 Å². The minimum Gasteiger partial charge on any atom is -0.374 e. The Kier molecular flexibility index (Phi) is 4.87. The number of nitrogens with zero attached hydrogens (tertiary/aromatic N) is 3. The van der Waals surface area contributed by atoms with Crippen LogP contribution in [0.4, 0.5) is 4.79 Å². The monoisotopic (exact) mass is 316 g/mol. The number of rotatable bonds is 4. The van der Waals surface area contributed by atoms with E-state index in [2.05, 4.69) is 27.6 Å². The molecule has 1 N–H and O–H groups in total. The summed E-state index contributed by atoms with van der Waals surface area (Å²) in [6, 6.07) is 10.0. The molecule has 0 bridgehead atoms. The third-order valence-corrected chi connectivity index (χ3v) is 3.69. The first-order valence-electron chi connectivity index (χ1n) is 7.68. The van der Waals surface area contributed by atoms with E-state index in [-0.39, 0.29) is 18.7 Å². The van der Waals surface area contributed by atoms with Gasteiger partial charge >= 0.3 is 6.03 Å². The number of morpholine rings is 1. The Labute approximate surface area is 134 Å². The van der Waals surface area contributed by atoms with Gasteiger partial charge in [-0.15, -0.1) is 0 Å². The van der Waals surface area contributed by atoms with Gasteiger partial charge in [-0.2, -0.15) is 4.98 Å². The fourth-order valence-corrected chi connectivity index (χ4v) is 2.58. The zero-order valence-electron chi connectivity index (χ0n) is 13.1. The second kappa shape index (κ2) is 7.23. The quantitative estimate of drug-likeness (QED) is 0.925. The largest absolute Gasteiger partial charge is 0.374 e. The molecule has 1 atom stereocenters. The maximum absolute atomic E-state index is 12.2. The first kappa shape index (κ1) is 15.5. The van der Waals surface area contributed by atoms with Crippen LogP contribution < -0.4 is 5.32 Å². The van der Waals surface area contributed by atoms with Crippen LogP contribution in [0, 0.1) is 6.92 Å². The summed E-state index contributed by atoms with van der Waals surface area (Å²) >= 11 is 0. The molecule has 2 amide bonds. The number of benzene rings is 1. The number of urea groups is 1. The van der Waals surface area contributed by atoms with Crippen LogP contribution in [0.2, 0.25) is 0 Å². The Morgan fingerprint density at radius 3 is 2.96 bits per heavy atom. The summed E-state index contributed by atoms with van der Waals surface area (Å²) in [5, 5.41) is 6.50. The van der Waals surface area contributed by atoms with Crippen molar-refractivity contribution < 1.29 is 14.1 Å².